The number of hydrogen-bond acceptors (Lipinski definition) is 5. The van der Waals surface area contributed by atoms with Crippen LogP contribution in [0.4, 0.5) is 10.5 Å². The van der Waals surface area contributed by atoms with Crippen molar-refractivity contribution in [3.63, 3.8) is 0 Å². The predicted molar refractivity (Wildman–Crippen MR) is 74.1 cm³/mol. The van der Waals surface area contributed by atoms with E-state index in [1.54, 1.807) is 13.0 Å². The van der Waals surface area contributed by atoms with E-state index in [2.05, 4.69) is 5.32 Å². The Morgan fingerprint density at radius 3 is 2.90 bits per heavy atom. The molecule has 2 amide bonds. The van der Waals surface area contributed by atoms with Gasteiger partial charge in [-0.3, -0.25) is 0 Å². The van der Waals surface area contributed by atoms with E-state index in [0.29, 0.717) is 25.3 Å². The molecular formula is C12H17N3O4S. The van der Waals surface area contributed by atoms with Gasteiger partial charge in [-0.2, -0.15) is 0 Å². The highest BCUT2D eigenvalue weighted by Gasteiger charge is 2.26. The fourth-order valence-corrected chi connectivity index (χ4v) is 3.19. The summed E-state index contributed by atoms with van der Waals surface area (Å²) in [7, 11) is -4.01. The molecule has 1 aliphatic rings. The van der Waals surface area contributed by atoms with Gasteiger partial charge in [0.05, 0.1) is 6.61 Å². The van der Waals surface area contributed by atoms with E-state index in [1.807, 2.05) is 4.72 Å². The van der Waals surface area contributed by atoms with Crippen molar-refractivity contribution in [3.05, 3.63) is 17.7 Å². The number of urea groups is 1. The van der Waals surface area contributed by atoms with Crippen LogP contribution in [0, 0.1) is 0 Å². The highest BCUT2D eigenvalue weighted by atomic mass is 32.2. The van der Waals surface area contributed by atoms with Gasteiger partial charge in [0, 0.05) is 12.2 Å². The van der Waals surface area contributed by atoms with Crippen LogP contribution in [0.1, 0.15) is 18.9 Å². The number of amides is 2. The molecule has 0 spiro atoms. The average Bonchev–Trinajstić information content (AvgIpc) is 2.37. The number of benzene rings is 1. The molecule has 0 aromatic heterocycles. The number of aryl methyl sites for hydroxylation is 1. The number of nitrogens with one attached hydrogen (secondary N) is 2. The highest BCUT2D eigenvalue weighted by Crippen LogP contribution is 2.34. The van der Waals surface area contributed by atoms with Crippen LogP contribution in [0.15, 0.2) is 17.0 Å². The second kappa shape index (κ2) is 5.58. The summed E-state index contributed by atoms with van der Waals surface area (Å²) in [6.07, 6.45) is 1.50. The number of anilines is 1. The molecule has 1 heterocycles. The number of ether oxygens (including phenoxy) is 1. The summed E-state index contributed by atoms with van der Waals surface area (Å²) in [4.78, 5) is 11.3. The number of nitrogens with two attached hydrogens (primary N) is 1. The SMILES string of the molecule is CCNC(=O)NS(=O)(=O)c1cc(N)cc2c1OCCC2. The van der Waals surface area contributed by atoms with Crippen LogP contribution in [0.5, 0.6) is 5.75 Å². The molecule has 7 nitrogen and oxygen atoms in total. The molecule has 1 aromatic carbocycles. The number of nitrogen functional groups attached to an aromatic ring is 1. The molecule has 1 aromatic rings. The number of fused-ring (bicyclic) bond motifs is 1. The number of hydrogen-bond donors (Lipinski definition) is 3. The van der Waals surface area contributed by atoms with Crippen molar-refractivity contribution >= 4 is 21.7 Å². The van der Waals surface area contributed by atoms with Crippen molar-refractivity contribution in [1.82, 2.24) is 10.0 Å². The van der Waals surface area contributed by atoms with Gasteiger partial charge in [0.1, 0.15) is 10.6 Å². The molecule has 20 heavy (non-hydrogen) atoms. The zero-order valence-electron chi connectivity index (χ0n) is 11.1. The normalized spacial score (nSPS) is 14.1. The van der Waals surface area contributed by atoms with Gasteiger partial charge in [-0.15, -0.1) is 0 Å². The molecule has 0 aliphatic carbocycles. The number of carbonyl (C=O) groups excluding carboxylic acids is 1. The minimum atomic E-state index is -4.01. The molecule has 0 atom stereocenters. The Labute approximate surface area is 117 Å². The standard InChI is InChI=1S/C12H17N3O4S/c1-2-14-12(16)15-20(17,18)10-7-9(13)6-8-4-3-5-19-11(8)10/h6-7H,2-5,13H2,1H3,(H2,14,15,16). The molecule has 8 heteroatoms. The Hall–Kier alpha value is -1.96. The lowest BCUT2D eigenvalue weighted by Crippen LogP contribution is -2.39. The number of rotatable bonds is 3. The first-order valence-corrected chi connectivity index (χ1v) is 7.78. The van der Waals surface area contributed by atoms with E-state index in [1.165, 1.54) is 6.07 Å². The first-order valence-electron chi connectivity index (χ1n) is 6.30. The molecule has 1 aliphatic heterocycles. The molecule has 0 radical (unpaired) electrons. The van der Waals surface area contributed by atoms with Gasteiger partial charge < -0.3 is 15.8 Å². The summed E-state index contributed by atoms with van der Waals surface area (Å²) < 4.78 is 31.8. The van der Waals surface area contributed by atoms with Gasteiger partial charge in [-0.1, -0.05) is 0 Å². The fraction of sp³-hybridized carbons (Fsp3) is 0.417. The Morgan fingerprint density at radius 1 is 1.45 bits per heavy atom. The van der Waals surface area contributed by atoms with Crippen LogP contribution in [0.25, 0.3) is 0 Å². The Kier molecular flexibility index (Phi) is 4.03. The second-order valence-corrected chi connectivity index (χ2v) is 6.08. The average molecular weight is 299 g/mol. The topological polar surface area (TPSA) is 111 Å². The van der Waals surface area contributed by atoms with Gasteiger partial charge in [-0.05, 0) is 37.5 Å². The lowest BCUT2D eigenvalue weighted by atomic mass is 10.1. The summed E-state index contributed by atoms with van der Waals surface area (Å²) in [6, 6.07) is 2.21. The van der Waals surface area contributed by atoms with Gasteiger partial charge >= 0.3 is 6.03 Å². The zero-order chi connectivity index (χ0) is 14.8. The monoisotopic (exact) mass is 299 g/mol. The van der Waals surface area contributed by atoms with Crippen molar-refractivity contribution in [3.8, 4) is 5.75 Å². The molecule has 0 saturated heterocycles. The van der Waals surface area contributed by atoms with Gasteiger partial charge in [-0.25, -0.2) is 17.9 Å². The first kappa shape index (κ1) is 14.4. The molecule has 2 rings (SSSR count). The third kappa shape index (κ3) is 2.96. The highest BCUT2D eigenvalue weighted by molar-refractivity contribution is 7.90. The zero-order valence-corrected chi connectivity index (χ0v) is 11.9. The largest absolute Gasteiger partial charge is 0.492 e. The first-order chi connectivity index (χ1) is 9.44. The van der Waals surface area contributed by atoms with E-state index in [4.69, 9.17) is 10.5 Å². The summed E-state index contributed by atoms with van der Waals surface area (Å²) >= 11 is 0. The van der Waals surface area contributed by atoms with Crippen LogP contribution in [-0.4, -0.2) is 27.6 Å². The van der Waals surface area contributed by atoms with Crippen molar-refractivity contribution < 1.29 is 17.9 Å². The minimum Gasteiger partial charge on any atom is -0.492 e. The van der Waals surface area contributed by atoms with Crippen molar-refractivity contribution in [2.45, 2.75) is 24.7 Å². The summed E-state index contributed by atoms with van der Waals surface area (Å²) in [5, 5.41) is 2.36. The number of carbonyl (C=O) groups is 1. The van der Waals surface area contributed by atoms with Crippen LogP contribution in [0.3, 0.4) is 0 Å². The van der Waals surface area contributed by atoms with E-state index in [-0.39, 0.29) is 10.6 Å². The smallest absolute Gasteiger partial charge is 0.328 e. The Morgan fingerprint density at radius 2 is 2.20 bits per heavy atom. The van der Waals surface area contributed by atoms with Crippen molar-refractivity contribution in [1.29, 1.82) is 0 Å². The van der Waals surface area contributed by atoms with E-state index in [0.717, 1.165) is 12.0 Å². The van der Waals surface area contributed by atoms with Crippen molar-refractivity contribution in [2.75, 3.05) is 18.9 Å². The van der Waals surface area contributed by atoms with Crippen LogP contribution < -0.4 is 20.5 Å². The molecule has 0 saturated carbocycles. The van der Waals surface area contributed by atoms with Crippen molar-refractivity contribution in [2.24, 2.45) is 0 Å². The molecule has 4 N–H and O–H groups in total. The quantitative estimate of drug-likeness (QED) is 0.708. The molecule has 0 unspecified atom stereocenters. The van der Waals surface area contributed by atoms with Crippen LogP contribution >= 0.6 is 0 Å². The Bertz CT molecular complexity index is 628. The summed E-state index contributed by atoms with van der Waals surface area (Å²) in [5.41, 5.74) is 6.79. The maximum absolute atomic E-state index is 12.2. The molecule has 110 valence electrons. The summed E-state index contributed by atoms with van der Waals surface area (Å²) in [5.74, 6) is 0.280. The second-order valence-electron chi connectivity index (χ2n) is 4.42. The summed E-state index contributed by atoms with van der Waals surface area (Å²) in [6.45, 7) is 2.46. The molecule has 0 bridgehead atoms. The van der Waals surface area contributed by atoms with E-state index < -0.39 is 16.1 Å². The maximum atomic E-state index is 12.2. The lowest BCUT2D eigenvalue weighted by molar-refractivity contribution is 0.246. The lowest BCUT2D eigenvalue weighted by Gasteiger charge is -2.21. The van der Waals surface area contributed by atoms with E-state index in [9.17, 15) is 13.2 Å². The van der Waals surface area contributed by atoms with Gasteiger partial charge in [0.25, 0.3) is 10.0 Å². The molecule has 0 fully saturated rings. The minimum absolute atomic E-state index is 0.0987. The third-order valence-electron chi connectivity index (χ3n) is 2.84. The van der Waals surface area contributed by atoms with Gasteiger partial charge in [0.2, 0.25) is 0 Å². The van der Waals surface area contributed by atoms with Crippen LogP contribution in [-0.2, 0) is 16.4 Å². The Balaban J connectivity index is 2.41. The van der Waals surface area contributed by atoms with E-state index >= 15 is 0 Å². The fourth-order valence-electron chi connectivity index (χ4n) is 2.04. The maximum Gasteiger partial charge on any atom is 0.328 e. The molecular weight excluding hydrogens is 282 g/mol. The third-order valence-corrected chi connectivity index (χ3v) is 4.18. The number of sulfonamides is 1. The predicted octanol–water partition coefficient (Wildman–Crippen LogP) is 0.602. The van der Waals surface area contributed by atoms with Gasteiger partial charge in [0.15, 0.2) is 0 Å². The van der Waals surface area contributed by atoms with Crippen LogP contribution in [0.2, 0.25) is 0 Å².